The Bertz CT molecular complexity index is 1790. The van der Waals surface area contributed by atoms with Crippen molar-refractivity contribution in [3.63, 3.8) is 0 Å². The second-order valence-electron chi connectivity index (χ2n) is 16.5. The molecule has 0 amide bonds. The first kappa shape index (κ1) is 43.5. The van der Waals surface area contributed by atoms with Crippen molar-refractivity contribution in [2.45, 2.75) is 146 Å². The van der Waals surface area contributed by atoms with Crippen molar-refractivity contribution in [3.05, 3.63) is 83.4 Å². The first-order valence-corrected chi connectivity index (χ1v) is 20.0. The normalized spacial score (nSPS) is 14.4. The van der Waals surface area contributed by atoms with E-state index in [2.05, 4.69) is 76.2 Å². The monoisotopic (exact) mass is 882 g/mol. The van der Waals surface area contributed by atoms with Crippen molar-refractivity contribution >= 4 is 27.5 Å². The molecule has 1 fully saturated rings. The van der Waals surface area contributed by atoms with Crippen molar-refractivity contribution < 1.29 is 30.0 Å². The number of aliphatic hydroxyl groups is 1. The minimum absolute atomic E-state index is 0. The summed E-state index contributed by atoms with van der Waals surface area (Å²) in [5, 5.41) is 13.9. The van der Waals surface area contributed by atoms with E-state index in [-0.39, 0.29) is 42.5 Å². The van der Waals surface area contributed by atoms with Crippen LogP contribution in [0.25, 0.3) is 32.9 Å². The molecule has 1 aromatic heterocycles. The van der Waals surface area contributed by atoms with Crippen LogP contribution in [0.1, 0.15) is 150 Å². The predicted octanol–water partition coefficient (Wildman–Crippen LogP) is 13.3. The number of aliphatic hydroxyl groups excluding tert-OH is 1. The van der Waals surface area contributed by atoms with Gasteiger partial charge in [-0.1, -0.05) is 113 Å². The van der Waals surface area contributed by atoms with Crippen LogP contribution in [0.15, 0.2) is 60.6 Å². The molecule has 1 saturated carbocycles. The molecule has 0 aliphatic heterocycles. The molecule has 0 unspecified atom stereocenters. The molecule has 1 heterocycles. The Hall–Kier alpha value is -2.88. The number of nitrogens with zero attached hydrogens (tertiary/aromatic N) is 2. The molecule has 285 valence electrons. The maximum atomic E-state index is 12.2. The fraction of sp³-hybridized carbons (Fsp3) is 0.553. The topological polar surface area (TPSA) is 63.1 Å². The zero-order valence-corrected chi connectivity index (χ0v) is 36.2. The van der Waals surface area contributed by atoms with Crippen LogP contribution in [-0.4, -0.2) is 20.9 Å². The summed E-state index contributed by atoms with van der Waals surface area (Å²) in [5.41, 5.74) is 6.86. The second kappa shape index (κ2) is 19.4. The molecule has 4 aromatic rings. The number of allylic oxidation sites excluding steroid dienone is 2. The molecule has 0 bridgehead atoms. The number of fused-ring (bicyclic) bond motifs is 3. The third-order valence-electron chi connectivity index (χ3n) is 11.9. The minimum Gasteiger partial charge on any atom is -0.512 e. The van der Waals surface area contributed by atoms with Gasteiger partial charge in [0, 0.05) is 42.4 Å². The average Bonchev–Trinajstić information content (AvgIpc) is 3.13. The zero-order valence-electron chi connectivity index (χ0n) is 33.8. The van der Waals surface area contributed by atoms with Crippen LogP contribution in [0.2, 0.25) is 0 Å². The van der Waals surface area contributed by atoms with Crippen LogP contribution < -0.4 is 0 Å². The summed E-state index contributed by atoms with van der Waals surface area (Å²) in [6, 6.07) is 19.5. The Labute approximate surface area is 329 Å². The molecule has 0 atom stereocenters. The summed E-state index contributed by atoms with van der Waals surface area (Å²) in [4.78, 5) is 21.8. The predicted molar refractivity (Wildman–Crippen MR) is 217 cm³/mol. The van der Waals surface area contributed by atoms with Crippen LogP contribution in [0, 0.1) is 28.7 Å². The summed E-state index contributed by atoms with van der Waals surface area (Å²) < 4.78 is 0. The van der Waals surface area contributed by atoms with Gasteiger partial charge in [-0.3, -0.25) is 9.78 Å². The van der Waals surface area contributed by atoms with Crippen LogP contribution in [0.5, 0.6) is 0 Å². The van der Waals surface area contributed by atoms with E-state index < -0.39 is 0 Å². The van der Waals surface area contributed by atoms with Gasteiger partial charge in [0.2, 0.25) is 0 Å². The van der Waals surface area contributed by atoms with Gasteiger partial charge in [-0.15, -0.1) is 35.4 Å². The summed E-state index contributed by atoms with van der Waals surface area (Å²) in [6.07, 6.45) is 15.3. The molecule has 1 N–H and O–H groups in total. The van der Waals surface area contributed by atoms with Gasteiger partial charge in [0.25, 0.3) is 0 Å². The average molecular weight is 882 g/mol. The molecule has 52 heavy (non-hydrogen) atoms. The third kappa shape index (κ3) is 10.4. The number of hydrogen-bond donors (Lipinski definition) is 1. The smallest absolute Gasteiger partial charge is 0.164 e. The van der Waals surface area contributed by atoms with Crippen molar-refractivity contribution in [1.82, 2.24) is 9.97 Å². The van der Waals surface area contributed by atoms with Crippen molar-refractivity contribution in [2.24, 2.45) is 22.7 Å². The number of hydrogen-bond acceptors (Lipinski definition) is 4. The first-order valence-electron chi connectivity index (χ1n) is 20.0. The van der Waals surface area contributed by atoms with Crippen molar-refractivity contribution in [1.29, 1.82) is 0 Å². The molecule has 0 saturated heterocycles. The Kier molecular flexibility index (Phi) is 16.3. The number of ketones is 1. The number of carbonyl (C=O) groups excluding carboxylic acids is 1. The molecule has 4 nitrogen and oxygen atoms in total. The largest absolute Gasteiger partial charge is 0.512 e. The Balaban J connectivity index is 0.000000347. The number of benzene rings is 3. The van der Waals surface area contributed by atoms with Crippen LogP contribution >= 0.6 is 0 Å². The van der Waals surface area contributed by atoms with Gasteiger partial charge in [0.15, 0.2) is 5.78 Å². The summed E-state index contributed by atoms with van der Waals surface area (Å²) in [7, 11) is 0. The summed E-state index contributed by atoms with van der Waals surface area (Å²) in [5.74, 6) is 2.20. The fourth-order valence-electron chi connectivity index (χ4n) is 7.54. The summed E-state index contributed by atoms with van der Waals surface area (Å²) >= 11 is 0. The number of rotatable bonds is 13. The van der Waals surface area contributed by atoms with Gasteiger partial charge < -0.3 is 5.11 Å². The van der Waals surface area contributed by atoms with Crippen molar-refractivity contribution in [2.75, 3.05) is 0 Å². The number of aromatic nitrogens is 2. The van der Waals surface area contributed by atoms with Gasteiger partial charge in [-0.2, -0.15) is 0 Å². The Morgan fingerprint density at radius 1 is 0.865 bits per heavy atom. The second-order valence-corrected chi connectivity index (χ2v) is 16.5. The number of carbonyl (C=O) groups is 1. The van der Waals surface area contributed by atoms with E-state index in [0.29, 0.717) is 17.8 Å². The van der Waals surface area contributed by atoms with Gasteiger partial charge in [-0.05, 0) is 96.7 Å². The molecule has 5 heteroatoms. The van der Waals surface area contributed by atoms with Gasteiger partial charge in [0.1, 0.15) is 12.1 Å². The standard InChI is InChI=1S/C32H37N2.C15H28O2.Ir/c1-21(2)15-23-17-26-13-14-29-31(27-12-8-11-25(19-27)24-9-6-5-7-10-24)33-20-34-32(29)30(26)28(18-23)16-22(3)4;1-7-14(5,8-2)12(16)11-13(17)15(6,9-3)10-4;/h8,11,13-14,17-22,24H,5-7,9-10,15-16H2,1-4H3;11,16H,7-10H2,1-6H3;/q-1;;/b;12-11-;. The van der Waals surface area contributed by atoms with Gasteiger partial charge in [-0.25, -0.2) is 4.98 Å². The molecular weight excluding hydrogens is 817 g/mol. The van der Waals surface area contributed by atoms with E-state index in [4.69, 9.17) is 9.97 Å². The van der Waals surface area contributed by atoms with E-state index in [1.54, 1.807) is 6.33 Å². The summed E-state index contributed by atoms with van der Waals surface area (Å²) in [6.45, 7) is 21.3. The molecule has 3 aromatic carbocycles. The maximum Gasteiger partial charge on any atom is 0.164 e. The molecule has 1 aliphatic rings. The quantitative estimate of drug-likeness (QED) is 0.0629. The van der Waals surface area contributed by atoms with E-state index in [1.165, 1.54) is 65.6 Å². The van der Waals surface area contributed by atoms with Crippen LogP contribution in [0.4, 0.5) is 0 Å². The zero-order chi connectivity index (χ0) is 37.3. The molecule has 0 spiro atoms. The van der Waals surface area contributed by atoms with Gasteiger partial charge in [0.05, 0.1) is 5.52 Å². The minimum atomic E-state index is -0.337. The third-order valence-corrected chi connectivity index (χ3v) is 11.9. The van der Waals surface area contributed by atoms with E-state index in [1.807, 2.05) is 41.5 Å². The van der Waals surface area contributed by atoms with Gasteiger partial charge >= 0.3 is 0 Å². The Morgan fingerprint density at radius 2 is 1.50 bits per heavy atom. The van der Waals surface area contributed by atoms with Crippen LogP contribution in [-0.2, 0) is 37.7 Å². The SMILES string of the molecule is CC(C)Cc1cc(CC(C)C)c2c(ccc3c(-c4[c-]ccc(C5CCCCC5)c4)ncnc32)c1.CCC(C)(CC)C(=O)/C=C(\O)C(C)(CC)CC.[Ir]. The molecular formula is C47H65IrN2O2-. The van der Waals surface area contributed by atoms with Crippen molar-refractivity contribution in [3.8, 4) is 11.3 Å². The fourth-order valence-corrected chi connectivity index (χ4v) is 7.54. The Morgan fingerprint density at radius 3 is 2.10 bits per heavy atom. The first-order chi connectivity index (χ1) is 24.3. The maximum absolute atomic E-state index is 12.2. The van der Waals surface area contributed by atoms with Crippen LogP contribution in [0.3, 0.4) is 0 Å². The molecule has 1 radical (unpaired) electrons. The van der Waals surface area contributed by atoms with E-state index >= 15 is 0 Å². The molecule has 5 rings (SSSR count). The molecule has 1 aliphatic carbocycles. The van der Waals surface area contributed by atoms with E-state index in [9.17, 15) is 9.90 Å². The van der Waals surface area contributed by atoms with E-state index in [0.717, 1.165) is 60.7 Å².